The highest BCUT2D eigenvalue weighted by atomic mass is 79.9. The summed E-state index contributed by atoms with van der Waals surface area (Å²) in [5, 5.41) is 3.18. The van der Waals surface area contributed by atoms with Crippen molar-refractivity contribution in [3.05, 3.63) is 33.8 Å². The monoisotopic (exact) mass is 310 g/mol. The smallest absolute Gasteiger partial charge is 0.253 e. The van der Waals surface area contributed by atoms with E-state index in [4.69, 9.17) is 0 Å². The normalized spacial score (nSPS) is 19.3. The first-order valence-corrected chi connectivity index (χ1v) is 7.11. The molecule has 0 bridgehead atoms. The van der Waals surface area contributed by atoms with Crippen LogP contribution in [0.15, 0.2) is 22.7 Å². The quantitative estimate of drug-likeness (QED) is 0.930. The van der Waals surface area contributed by atoms with Gasteiger partial charge in [0.2, 0.25) is 0 Å². The number of likely N-dealkylation sites (tertiary alicyclic amines) is 1. The highest BCUT2D eigenvalue weighted by Crippen LogP contribution is 2.21. The van der Waals surface area contributed by atoms with Gasteiger partial charge in [-0.25, -0.2) is 0 Å². The highest BCUT2D eigenvalue weighted by Gasteiger charge is 2.26. The van der Waals surface area contributed by atoms with E-state index in [1.165, 1.54) is 0 Å². The molecule has 3 nitrogen and oxygen atoms in total. The molecule has 1 heterocycles. The van der Waals surface area contributed by atoms with Gasteiger partial charge in [-0.3, -0.25) is 4.79 Å². The second-order valence-electron chi connectivity index (χ2n) is 4.93. The van der Waals surface area contributed by atoms with Crippen LogP contribution in [-0.4, -0.2) is 37.5 Å². The van der Waals surface area contributed by atoms with Gasteiger partial charge in [-0.2, -0.15) is 0 Å². The highest BCUT2D eigenvalue weighted by molar-refractivity contribution is 9.10. The number of carbonyl (C=O) groups is 1. The average Bonchev–Trinajstić information content (AvgIpc) is 2.81. The molecule has 1 atom stereocenters. The van der Waals surface area contributed by atoms with Gasteiger partial charge in [-0.05, 0) is 56.6 Å². The Labute approximate surface area is 117 Å². The summed E-state index contributed by atoms with van der Waals surface area (Å²) in [7, 11) is 1.96. The molecular weight excluding hydrogens is 292 g/mol. The van der Waals surface area contributed by atoms with Crippen molar-refractivity contribution in [2.45, 2.75) is 13.3 Å². The first-order valence-electron chi connectivity index (χ1n) is 6.32. The van der Waals surface area contributed by atoms with Crippen molar-refractivity contribution >= 4 is 21.8 Å². The minimum Gasteiger partial charge on any atom is -0.338 e. The van der Waals surface area contributed by atoms with E-state index in [-0.39, 0.29) is 5.91 Å². The Kier molecular flexibility index (Phi) is 4.40. The fourth-order valence-corrected chi connectivity index (χ4v) is 2.68. The fraction of sp³-hybridized carbons (Fsp3) is 0.500. The number of carbonyl (C=O) groups excluding carboxylic acids is 1. The van der Waals surface area contributed by atoms with E-state index in [0.717, 1.165) is 41.7 Å². The predicted molar refractivity (Wildman–Crippen MR) is 76.8 cm³/mol. The second kappa shape index (κ2) is 5.85. The minimum atomic E-state index is 0.157. The summed E-state index contributed by atoms with van der Waals surface area (Å²) >= 11 is 3.46. The SMILES string of the molecule is CNCC1CCN(C(=O)c2ccc(Br)c(C)c2)C1. The van der Waals surface area contributed by atoms with Crippen molar-refractivity contribution in [2.75, 3.05) is 26.7 Å². The largest absolute Gasteiger partial charge is 0.338 e. The van der Waals surface area contributed by atoms with Gasteiger partial charge in [0, 0.05) is 23.1 Å². The van der Waals surface area contributed by atoms with E-state index in [0.29, 0.717) is 5.92 Å². The maximum atomic E-state index is 12.4. The Balaban J connectivity index is 2.05. The standard InChI is InChI=1S/C14H19BrN2O/c1-10-7-12(3-4-13(10)15)14(18)17-6-5-11(9-17)8-16-2/h3-4,7,11,16H,5-6,8-9H2,1-2H3. The molecule has 1 fully saturated rings. The molecule has 1 aliphatic rings. The van der Waals surface area contributed by atoms with E-state index >= 15 is 0 Å². The predicted octanol–water partition coefficient (Wildman–Crippen LogP) is 2.44. The van der Waals surface area contributed by atoms with Crippen LogP contribution in [0.3, 0.4) is 0 Å². The van der Waals surface area contributed by atoms with Gasteiger partial charge in [-0.1, -0.05) is 15.9 Å². The lowest BCUT2D eigenvalue weighted by atomic mass is 10.1. The number of nitrogens with zero attached hydrogens (tertiary/aromatic N) is 1. The summed E-state index contributed by atoms with van der Waals surface area (Å²) < 4.78 is 1.05. The third kappa shape index (κ3) is 2.93. The number of rotatable bonds is 3. The Morgan fingerprint density at radius 3 is 3.00 bits per heavy atom. The van der Waals surface area contributed by atoms with Gasteiger partial charge in [0.1, 0.15) is 0 Å². The summed E-state index contributed by atoms with van der Waals surface area (Å²) in [6.45, 7) is 4.74. The molecule has 1 amide bonds. The van der Waals surface area contributed by atoms with Crippen molar-refractivity contribution < 1.29 is 4.79 Å². The van der Waals surface area contributed by atoms with Crippen LogP contribution in [0, 0.1) is 12.8 Å². The third-order valence-corrected chi connectivity index (χ3v) is 4.36. The van der Waals surface area contributed by atoms with Gasteiger partial charge in [-0.15, -0.1) is 0 Å². The topological polar surface area (TPSA) is 32.3 Å². The minimum absolute atomic E-state index is 0.157. The molecule has 1 aromatic carbocycles. The fourth-order valence-electron chi connectivity index (χ4n) is 2.43. The number of amides is 1. The lowest BCUT2D eigenvalue weighted by molar-refractivity contribution is 0.0787. The second-order valence-corrected chi connectivity index (χ2v) is 5.78. The Bertz CT molecular complexity index is 447. The van der Waals surface area contributed by atoms with Crippen molar-refractivity contribution in [2.24, 2.45) is 5.92 Å². The Morgan fingerprint density at radius 2 is 2.33 bits per heavy atom. The summed E-state index contributed by atoms with van der Waals surface area (Å²) in [6, 6.07) is 5.80. The molecule has 0 saturated carbocycles. The molecule has 1 aliphatic heterocycles. The van der Waals surface area contributed by atoms with E-state index in [2.05, 4.69) is 21.2 Å². The van der Waals surface area contributed by atoms with E-state index in [9.17, 15) is 4.79 Å². The van der Waals surface area contributed by atoms with Crippen LogP contribution in [0.5, 0.6) is 0 Å². The molecule has 4 heteroatoms. The molecule has 0 aromatic heterocycles. The van der Waals surface area contributed by atoms with Crippen molar-refractivity contribution in [1.29, 1.82) is 0 Å². The van der Waals surface area contributed by atoms with Gasteiger partial charge >= 0.3 is 0 Å². The van der Waals surface area contributed by atoms with Crippen LogP contribution in [0.1, 0.15) is 22.3 Å². The molecule has 0 aliphatic carbocycles. The maximum absolute atomic E-state index is 12.4. The molecule has 0 radical (unpaired) electrons. The van der Waals surface area contributed by atoms with E-state index in [1.807, 2.05) is 37.1 Å². The van der Waals surface area contributed by atoms with Crippen molar-refractivity contribution in [3.63, 3.8) is 0 Å². The Hall–Kier alpha value is -0.870. The molecule has 1 unspecified atom stereocenters. The molecule has 1 aromatic rings. The van der Waals surface area contributed by atoms with Crippen LogP contribution in [0.25, 0.3) is 0 Å². The van der Waals surface area contributed by atoms with Gasteiger partial charge in [0.25, 0.3) is 5.91 Å². The molecule has 98 valence electrons. The first-order chi connectivity index (χ1) is 8.61. The average molecular weight is 311 g/mol. The zero-order chi connectivity index (χ0) is 13.1. The Morgan fingerprint density at radius 1 is 1.56 bits per heavy atom. The van der Waals surface area contributed by atoms with E-state index < -0.39 is 0 Å². The number of hydrogen-bond acceptors (Lipinski definition) is 2. The van der Waals surface area contributed by atoms with Crippen LogP contribution in [0.4, 0.5) is 0 Å². The molecule has 1 saturated heterocycles. The summed E-state index contributed by atoms with van der Waals surface area (Å²) in [5.74, 6) is 0.750. The van der Waals surface area contributed by atoms with Gasteiger partial charge < -0.3 is 10.2 Å². The van der Waals surface area contributed by atoms with Crippen molar-refractivity contribution in [1.82, 2.24) is 10.2 Å². The number of aryl methyl sites for hydroxylation is 1. The lowest BCUT2D eigenvalue weighted by Gasteiger charge is -2.17. The van der Waals surface area contributed by atoms with Crippen LogP contribution in [0.2, 0.25) is 0 Å². The zero-order valence-corrected chi connectivity index (χ0v) is 12.5. The van der Waals surface area contributed by atoms with Crippen molar-refractivity contribution in [3.8, 4) is 0 Å². The summed E-state index contributed by atoms with van der Waals surface area (Å²) in [5.41, 5.74) is 1.90. The van der Waals surface area contributed by atoms with E-state index in [1.54, 1.807) is 0 Å². The summed E-state index contributed by atoms with van der Waals surface area (Å²) in [6.07, 6.45) is 1.10. The maximum Gasteiger partial charge on any atom is 0.253 e. The van der Waals surface area contributed by atoms with Crippen LogP contribution >= 0.6 is 15.9 Å². The van der Waals surface area contributed by atoms with Crippen LogP contribution < -0.4 is 5.32 Å². The number of hydrogen-bond donors (Lipinski definition) is 1. The number of benzene rings is 1. The molecule has 2 rings (SSSR count). The third-order valence-electron chi connectivity index (χ3n) is 3.47. The molecular formula is C14H19BrN2O. The first kappa shape index (κ1) is 13.6. The zero-order valence-electron chi connectivity index (χ0n) is 10.9. The summed E-state index contributed by atoms with van der Waals surface area (Å²) in [4.78, 5) is 14.3. The van der Waals surface area contributed by atoms with Crippen LogP contribution in [-0.2, 0) is 0 Å². The molecule has 18 heavy (non-hydrogen) atoms. The van der Waals surface area contributed by atoms with Gasteiger partial charge in [0.05, 0.1) is 0 Å². The number of nitrogens with one attached hydrogen (secondary N) is 1. The number of halogens is 1. The van der Waals surface area contributed by atoms with Gasteiger partial charge in [0.15, 0.2) is 0 Å². The molecule has 0 spiro atoms. The molecule has 1 N–H and O–H groups in total. The lowest BCUT2D eigenvalue weighted by Crippen LogP contribution is -2.30.